The van der Waals surface area contributed by atoms with Crippen molar-refractivity contribution in [3.05, 3.63) is 47.4 Å². The number of hydrogen-bond donors (Lipinski definition) is 1. The zero-order chi connectivity index (χ0) is 14.7. The minimum Gasteiger partial charge on any atom is -0.369 e. The Bertz CT molecular complexity index is 734. The number of fused-ring (bicyclic) bond motifs is 1. The Balaban J connectivity index is 1.73. The second kappa shape index (κ2) is 5.91. The Labute approximate surface area is 123 Å². The van der Waals surface area contributed by atoms with E-state index in [9.17, 15) is 0 Å². The van der Waals surface area contributed by atoms with Crippen LogP contribution in [0, 0.1) is 6.92 Å². The highest BCUT2D eigenvalue weighted by Gasteiger charge is 2.13. The highest BCUT2D eigenvalue weighted by molar-refractivity contribution is 5.87. The van der Waals surface area contributed by atoms with E-state index < -0.39 is 0 Å². The summed E-state index contributed by atoms with van der Waals surface area (Å²) < 4.78 is 5.22. The summed E-state index contributed by atoms with van der Waals surface area (Å²) in [6.07, 6.45) is 3.24. The van der Waals surface area contributed by atoms with Crippen LogP contribution in [0.15, 0.2) is 35.1 Å². The van der Waals surface area contributed by atoms with Gasteiger partial charge in [-0.3, -0.25) is 0 Å². The van der Waals surface area contributed by atoms with E-state index >= 15 is 0 Å². The number of anilines is 1. The molecule has 2 aromatic heterocycles. The Morgan fingerprint density at radius 2 is 1.95 bits per heavy atom. The van der Waals surface area contributed by atoms with E-state index in [1.165, 1.54) is 17.5 Å². The number of nitrogens with one attached hydrogen (secondary N) is 1. The van der Waals surface area contributed by atoms with Crippen molar-refractivity contribution in [1.82, 2.24) is 15.1 Å². The molecule has 21 heavy (non-hydrogen) atoms. The summed E-state index contributed by atoms with van der Waals surface area (Å²) in [6.45, 7) is 4.95. The third kappa shape index (κ3) is 2.86. The van der Waals surface area contributed by atoms with Gasteiger partial charge < -0.3 is 9.84 Å². The van der Waals surface area contributed by atoms with Gasteiger partial charge in [-0.25, -0.2) is 4.98 Å². The van der Waals surface area contributed by atoms with Crippen molar-refractivity contribution in [2.75, 3.05) is 11.9 Å². The predicted octanol–water partition coefficient (Wildman–Crippen LogP) is 3.14. The number of hydrogen-bond acceptors (Lipinski definition) is 5. The van der Waals surface area contributed by atoms with Crippen molar-refractivity contribution in [2.24, 2.45) is 0 Å². The second-order valence-corrected chi connectivity index (χ2v) is 5.05. The van der Waals surface area contributed by atoms with Gasteiger partial charge in [-0.2, -0.15) is 4.98 Å². The minimum atomic E-state index is 0.541. The molecule has 0 fully saturated rings. The van der Waals surface area contributed by atoms with Crippen LogP contribution in [-0.2, 0) is 12.8 Å². The highest BCUT2D eigenvalue weighted by atomic mass is 16.5. The third-order valence-electron chi connectivity index (χ3n) is 3.50. The molecule has 0 saturated carbocycles. The van der Waals surface area contributed by atoms with E-state index in [-0.39, 0.29) is 0 Å². The Kier molecular flexibility index (Phi) is 3.81. The molecule has 0 aliphatic rings. The maximum atomic E-state index is 5.22. The molecule has 1 N–H and O–H groups in total. The minimum absolute atomic E-state index is 0.541. The summed E-state index contributed by atoms with van der Waals surface area (Å²) in [4.78, 5) is 8.42. The summed E-state index contributed by atoms with van der Waals surface area (Å²) in [5, 5.41) is 8.29. The quantitative estimate of drug-likeness (QED) is 0.779. The van der Waals surface area contributed by atoms with Crippen LogP contribution < -0.4 is 5.32 Å². The van der Waals surface area contributed by atoms with Gasteiger partial charge >= 0.3 is 0 Å². The molecule has 0 aliphatic carbocycles. The number of aryl methyl sites for hydroxylation is 2. The summed E-state index contributed by atoms with van der Waals surface area (Å²) in [5.41, 5.74) is 4.02. The first-order valence-corrected chi connectivity index (χ1v) is 7.16. The molecule has 0 unspecified atom stereocenters. The lowest BCUT2D eigenvalue weighted by atomic mass is 10.1. The van der Waals surface area contributed by atoms with Crippen molar-refractivity contribution >= 4 is 16.9 Å². The van der Waals surface area contributed by atoms with E-state index in [0.717, 1.165) is 36.3 Å². The maximum Gasteiger partial charge on any atom is 0.263 e. The van der Waals surface area contributed by atoms with Crippen LogP contribution in [0.2, 0.25) is 0 Å². The van der Waals surface area contributed by atoms with Gasteiger partial charge in [0.25, 0.3) is 5.71 Å². The molecule has 0 amide bonds. The van der Waals surface area contributed by atoms with Gasteiger partial charge in [-0.05, 0) is 25.3 Å². The number of benzene rings is 1. The topological polar surface area (TPSA) is 63.8 Å². The molecule has 1 aromatic carbocycles. The van der Waals surface area contributed by atoms with Crippen LogP contribution in [0.4, 0.5) is 5.82 Å². The normalized spacial score (nSPS) is 11.0. The molecule has 0 radical (unpaired) electrons. The standard InChI is InChI=1S/C16H18N4O/c1-3-13-14-15(18-10-19-16(14)21-20-13)17-9-8-12-6-4-11(2)5-7-12/h4-7,10H,3,8-9H2,1-2H3,(H,17,18,19). The largest absolute Gasteiger partial charge is 0.369 e. The molecule has 2 heterocycles. The van der Waals surface area contributed by atoms with Gasteiger partial charge in [-0.1, -0.05) is 41.9 Å². The van der Waals surface area contributed by atoms with E-state index in [1.807, 2.05) is 6.92 Å². The van der Waals surface area contributed by atoms with Gasteiger partial charge in [0.05, 0.1) is 5.69 Å². The van der Waals surface area contributed by atoms with Gasteiger partial charge in [0.1, 0.15) is 17.5 Å². The number of aromatic nitrogens is 3. The molecule has 5 heteroatoms. The van der Waals surface area contributed by atoms with Gasteiger partial charge in [0, 0.05) is 6.54 Å². The summed E-state index contributed by atoms with van der Waals surface area (Å²) in [6, 6.07) is 8.58. The Morgan fingerprint density at radius 3 is 2.71 bits per heavy atom. The molecule has 3 rings (SSSR count). The first kappa shape index (κ1) is 13.5. The van der Waals surface area contributed by atoms with Gasteiger partial charge in [0.2, 0.25) is 0 Å². The molecular weight excluding hydrogens is 264 g/mol. The van der Waals surface area contributed by atoms with Crippen LogP contribution in [0.5, 0.6) is 0 Å². The van der Waals surface area contributed by atoms with Crippen molar-refractivity contribution in [3.8, 4) is 0 Å². The lowest BCUT2D eigenvalue weighted by molar-refractivity contribution is 0.439. The summed E-state index contributed by atoms with van der Waals surface area (Å²) in [5.74, 6) is 0.796. The smallest absolute Gasteiger partial charge is 0.263 e. The molecule has 0 aliphatic heterocycles. The van der Waals surface area contributed by atoms with Crippen molar-refractivity contribution in [2.45, 2.75) is 26.7 Å². The second-order valence-electron chi connectivity index (χ2n) is 5.05. The molecule has 0 saturated heterocycles. The van der Waals surface area contributed by atoms with E-state index in [2.05, 4.69) is 51.6 Å². The van der Waals surface area contributed by atoms with Crippen molar-refractivity contribution < 1.29 is 4.52 Å². The zero-order valence-corrected chi connectivity index (χ0v) is 12.3. The van der Waals surface area contributed by atoms with Crippen LogP contribution in [0.1, 0.15) is 23.7 Å². The fourth-order valence-corrected chi connectivity index (χ4v) is 2.30. The van der Waals surface area contributed by atoms with Crippen LogP contribution in [0.3, 0.4) is 0 Å². The summed E-state index contributed by atoms with van der Waals surface area (Å²) in [7, 11) is 0. The summed E-state index contributed by atoms with van der Waals surface area (Å²) >= 11 is 0. The monoisotopic (exact) mass is 282 g/mol. The van der Waals surface area contributed by atoms with Crippen LogP contribution in [0.25, 0.3) is 11.1 Å². The fraction of sp³-hybridized carbons (Fsp3) is 0.312. The molecule has 0 bridgehead atoms. The first-order chi connectivity index (χ1) is 10.3. The predicted molar refractivity (Wildman–Crippen MR) is 82.3 cm³/mol. The molecule has 108 valence electrons. The van der Waals surface area contributed by atoms with E-state index in [0.29, 0.717) is 5.71 Å². The lowest BCUT2D eigenvalue weighted by Crippen LogP contribution is -2.07. The maximum absolute atomic E-state index is 5.22. The molecule has 0 atom stereocenters. The highest BCUT2D eigenvalue weighted by Crippen LogP contribution is 2.23. The number of rotatable bonds is 5. The first-order valence-electron chi connectivity index (χ1n) is 7.16. The Hall–Kier alpha value is -2.43. The fourth-order valence-electron chi connectivity index (χ4n) is 2.30. The molecule has 0 spiro atoms. The SMILES string of the molecule is CCc1noc2ncnc(NCCc3ccc(C)cc3)c12. The molecule has 5 nitrogen and oxygen atoms in total. The van der Waals surface area contributed by atoms with Crippen LogP contribution in [-0.4, -0.2) is 21.7 Å². The van der Waals surface area contributed by atoms with Crippen molar-refractivity contribution in [1.29, 1.82) is 0 Å². The number of nitrogens with zero attached hydrogens (tertiary/aromatic N) is 3. The molecule has 3 aromatic rings. The average Bonchev–Trinajstić information content (AvgIpc) is 2.93. The molecular formula is C16H18N4O. The van der Waals surface area contributed by atoms with Gasteiger partial charge in [-0.15, -0.1) is 0 Å². The van der Waals surface area contributed by atoms with E-state index in [1.54, 1.807) is 0 Å². The third-order valence-corrected chi connectivity index (χ3v) is 3.50. The zero-order valence-electron chi connectivity index (χ0n) is 12.3. The average molecular weight is 282 g/mol. The lowest BCUT2D eigenvalue weighted by Gasteiger charge is -2.06. The van der Waals surface area contributed by atoms with Crippen molar-refractivity contribution in [3.63, 3.8) is 0 Å². The Morgan fingerprint density at radius 1 is 1.14 bits per heavy atom. The van der Waals surface area contributed by atoms with E-state index in [4.69, 9.17) is 4.52 Å². The van der Waals surface area contributed by atoms with Gasteiger partial charge in [0.15, 0.2) is 0 Å². The van der Waals surface area contributed by atoms with Crippen LogP contribution >= 0.6 is 0 Å².